The molecule has 0 aromatic heterocycles. The van der Waals surface area contributed by atoms with Gasteiger partial charge in [-0.1, -0.05) is 29.8 Å². The van der Waals surface area contributed by atoms with E-state index in [2.05, 4.69) is 29.8 Å². The van der Waals surface area contributed by atoms with Crippen molar-refractivity contribution in [3.05, 3.63) is 28.2 Å². The van der Waals surface area contributed by atoms with Gasteiger partial charge in [0.05, 0.1) is 12.0 Å². The molecule has 0 bridgehead atoms. The Morgan fingerprint density at radius 1 is 1.37 bits per heavy atom. The van der Waals surface area contributed by atoms with E-state index in [0.29, 0.717) is 12.3 Å². The molecule has 19 heavy (non-hydrogen) atoms. The maximum Gasteiger partial charge on any atom is 0.170 e. The summed E-state index contributed by atoms with van der Waals surface area (Å²) in [5, 5.41) is 0. The second kappa shape index (κ2) is 4.62. The lowest BCUT2D eigenvalue weighted by molar-refractivity contribution is -0.0372. The molecule has 0 radical (unpaired) electrons. The zero-order chi connectivity index (χ0) is 13.6. The van der Waals surface area contributed by atoms with Crippen molar-refractivity contribution in [3.8, 4) is 5.75 Å². The van der Waals surface area contributed by atoms with Crippen LogP contribution >= 0.6 is 15.9 Å². The molecule has 0 saturated heterocycles. The highest BCUT2D eigenvalue weighted by molar-refractivity contribution is 9.10. The normalized spacial score (nSPS) is 33.9. The number of ketones is 1. The van der Waals surface area contributed by atoms with Crippen molar-refractivity contribution in [1.29, 1.82) is 0 Å². The molecule has 2 nitrogen and oxygen atoms in total. The Hall–Kier alpha value is -0.830. The van der Waals surface area contributed by atoms with Gasteiger partial charge in [-0.2, -0.15) is 0 Å². The van der Waals surface area contributed by atoms with Gasteiger partial charge in [-0.15, -0.1) is 0 Å². The van der Waals surface area contributed by atoms with E-state index in [0.717, 1.165) is 41.0 Å². The molecule has 1 heterocycles. The van der Waals surface area contributed by atoms with E-state index >= 15 is 0 Å². The van der Waals surface area contributed by atoms with Crippen LogP contribution in [-0.4, -0.2) is 11.4 Å². The molecule has 3 heteroatoms. The van der Waals surface area contributed by atoms with Gasteiger partial charge in [-0.05, 0) is 49.3 Å². The molecular weight excluding hydrogens is 304 g/mol. The molecule has 1 aromatic carbocycles. The van der Waals surface area contributed by atoms with Crippen LogP contribution in [0, 0.1) is 11.8 Å². The van der Waals surface area contributed by atoms with Crippen LogP contribution in [0.4, 0.5) is 0 Å². The first-order valence-electron chi connectivity index (χ1n) is 7.02. The maximum absolute atomic E-state index is 12.4. The minimum atomic E-state index is -0.266. The van der Waals surface area contributed by atoms with Crippen LogP contribution in [0.5, 0.6) is 5.75 Å². The number of carbonyl (C=O) groups is 1. The summed E-state index contributed by atoms with van der Waals surface area (Å²) in [5.41, 5.74) is 0.469. The molecule has 1 spiro atoms. The summed E-state index contributed by atoms with van der Waals surface area (Å²) in [6.45, 7) is 4.52. The monoisotopic (exact) mass is 322 g/mol. The van der Waals surface area contributed by atoms with Crippen molar-refractivity contribution in [1.82, 2.24) is 0 Å². The zero-order valence-corrected chi connectivity index (χ0v) is 13.0. The van der Waals surface area contributed by atoms with E-state index in [-0.39, 0.29) is 11.4 Å². The minimum Gasteiger partial charge on any atom is -0.486 e. The summed E-state index contributed by atoms with van der Waals surface area (Å²) in [5.74, 6) is 2.16. The fourth-order valence-electron chi connectivity index (χ4n) is 3.52. The second-order valence-electron chi connectivity index (χ2n) is 6.19. The average molecular weight is 323 g/mol. The molecule has 1 fully saturated rings. The summed E-state index contributed by atoms with van der Waals surface area (Å²) >= 11 is 3.46. The molecule has 0 amide bonds. The Bertz CT molecular complexity index is 525. The molecule has 102 valence electrons. The third-order valence-corrected chi connectivity index (χ3v) is 5.22. The van der Waals surface area contributed by atoms with Gasteiger partial charge in [0.2, 0.25) is 0 Å². The lowest BCUT2D eigenvalue weighted by Gasteiger charge is -2.46. The second-order valence-corrected chi connectivity index (χ2v) is 7.10. The quantitative estimate of drug-likeness (QED) is 0.697. The molecular formula is C16H19BrO2. The van der Waals surface area contributed by atoms with Crippen molar-refractivity contribution in [2.45, 2.75) is 45.1 Å². The molecule has 3 atom stereocenters. The van der Waals surface area contributed by atoms with Crippen LogP contribution in [0.2, 0.25) is 0 Å². The van der Waals surface area contributed by atoms with Crippen molar-refractivity contribution in [2.24, 2.45) is 11.8 Å². The van der Waals surface area contributed by atoms with Crippen molar-refractivity contribution in [3.63, 3.8) is 0 Å². The fourth-order valence-corrected chi connectivity index (χ4v) is 3.86. The van der Waals surface area contributed by atoms with Crippen LogP contribution in [0.1, 0.15) is 49.9 Å². The van der Waals surface area contributed by atoms with Crippen molar-refractivity contribution >= 4 is 21.7 Å². The summed E-state index contributed by atoms with van der Waals surface area (Å²) in [6, 6.07) is 5.70. The first kappa shape index (κ1) is 13.2. The molecule has 1 aliphatic carbocycles. The largest absolute Gasteiger partial charge is 0.486 e. The zero-order valence-electron chi connectivity index (χ0n) is 11.4. The van der Waals surface area contributed by atoms with Gasteiger partial charge < -0.3 is 4.74 Å². The van der Waals surface area contributed by atoms with Crippen LogP contribution in [0.15, 0.2) is 22.7 Å². The van der Waals surface area contributed by atoms with Gasteiger partial charge in [0.15, 0.2) is 5.78 Å². The van der Waals surface area contributed by atoms with E-state index in [9.17, 15) is 4.79 Å². The number of halogens is 1. The number of ether oxygens (including phenoxy) is 1. The summed E-state index contributed by atoms with van der Waals surface area (Å²) in [7, 11) is 0. The Morgan fingerprint density at radius 3 is 2.89 bits per heavy atom. The summed E-state index contributed by atoms with van der Waals surface area (Å²) < 4.78 is 7.29. The number of rotatable bonds is 0. The predicted molar refractivity (Wildman–Crippen MR) is 78.6 cm³/mol. The Morgan fingerprint density at radius 2 is 2.16 bits per heavy atom. The standard InChI is InChI=1S/C16H19BrO2/c1-10-5-6-16(11(2)7-10)9-14(18)13-4-3-12(17)8-15(13)19-16/h3-4,8,10-11H,5-7,9H2,1-2H3. The highest BCUT2D eigenvalue weighted by atomic mass is 79.9. The first-order valence-corrected chi connectivity index (χ1v) is 7.81. The number of carbonyl (C=O) groups excluding carboxylic acids is 1. The molecule has 3 rings (SSSR count). The average Bonchev–Trinajstić information content (AvgIpc) is 2.34. The number of Topliss-reactive ketones (excluding diaryl/α,β-unsaturated/α-hetero) is 1. The van der Waals surface area contributed by atoms with Gasteiger partial charge in [0.25, 0.3) is 0 Å². The highest BCUT2D eigenvalue weighted by Gasteiger charge is 2.47. The topological polar surface area (TPSA) is 26.3 Å². The Kier molecular flexibility index (Phi) is 3.20. The Balaban J connectivity index is 1.98. The van der Waals surface area contributed by atoms with Crippen LogP contribution < -0.4 is 4.74 Å². The SMILES string of the molecule is CC1CCC2(CC(=O)c3ccc(Br)cc3O2)C(C)C1. The molecule has 1 aliphatic heterocycles. The number of fused-ring (bicyclic) bond motifs is 1. The van der Waals surface area contributed by atoms with Crippen molar-refractivity contribution in [2.75, 3.05) is 0 Å². The number of hydrogen-bond acceptors (Lipinski definition) is 2. The molecule has 2 aliphatic rings. The molecule has 1 saturated carbocycles. The van der Waals surface area contributed by atoms with Crippen LogP contribution in [-0.2, 0) is 0 Å². The highest BCUT2D eigenvalue weighted by Crippen LogP contribution is 2.46. The van der Waals surface area contributed by atoms with Crippen LogP contribution in [0.25, 0.3) is 0 Å². The molecule has 0 N–H and O–H groups in total. The van der Waals surface area contributed by atoms with E-state index in [4.69, 9.17) is 4.74 Å². The molecule has 3 unspecified atom stereocenters. The third-order valence-electron chi connectivity index (χ3n) is 4.73. The predicted octanol–water partition coefficient (Wildman–Crippen LogP) is 4.61. The van der Waals surface area contributed by atoms with Gasteiger partial charge in [0, 0.05) is 4.47 Å². The lowest BCUT2D eigenvalue weighted by Crippen LogP contribution is -2.50. The van der Waals surface area contributed by atoms with E-state index in [1.54, 1.807) is 0 Å². The van der Waals surface area contributed by atoms with Crippen molar-refractivity contribution < 1.29 is 9.53 Å². The third kappa shape index (κ3) is 2.22. The Labute approximate surface area is 122 Å². The summed E-state index contributed by atoms with van der Waals surface area (Å²) in [6.07, 6.45) is 3.83. The number of benzene rings is 1. The minimum absolute atomic E-state index is 0.232. The summed E-state index contributed by atoms with van der Waals surface area (Å²) in [4.78, 5) is 12.4. The van der Waals surface area contributed by atoms with Gasteiger partial charge in [-0.25, -0.2) is 0 Å². The molecule has 1 aromatic rings. The van der Waals surface area contributed by atoms with E-state index < -0.39 is 0 Å². The maximum atomic E-state index is 12.4. The lowest BCUT2D eigenvalue weighted by atomic mass is 9.68. The van der Waals surface area contributed by atoms with Gasteiger partial charge >= 0.3 is 0 Å². The van der Waals surface area contributed by atoms with Crippen LogP contribution in [0.3, 0.4) is 0 Å². The first-order chi connectivity index (χ1) is 9.00. The smallest absolute Gasteiger partial charge is 0.170 e. The fraction of sp³-hybridized carbons (Fsp3) is 0.562. The van der Waals surface area contributed by atoms with Gasteiger partial charge in [0.1, 0.15) is 11.4 Å². The number of hydrogen-bond donors (Lipinski definition) is 0. The van der Waals surface area contributed by atoms with Gasteiger partial charge in [-0.3, -0.25) is 4.79 Å². The van der Waals surface area contributed by atoms with E-state index in [1.165, 1.54) is 0 Å². The van der Waals surface area contributed by atoms with E-state index in [1.807, 2.05) is 18.2 Å².